The highest BCUT2D eigenvalue weighted by molar-refractivity contribution is 5.91. The smallest absolute Gasteiger partial charge is 0.149 e. The van der Waals surface area contributed by atoms with Gasteiger partial charge in [0.2, 0.25) is 0 Å². The van der Waals surface area contributed by atoms with Crippen LogP contribution >= 0.6 is 0 Å². The summed E-state index contributed by atoms with van der Waals surface area (Å²) in [7, 11) is 2.18. The van der Waals surface area contributed by atoms with Crippen molar-refractivity contribution < 1.29 is 0 Å². The van der Waals surface area contributed by atoms with Crippen LogP contribution in [-0.2, 0) is 0 Å². The number of anilines is 1. The molecule has 2 aromatic carbocycles. The average molecular weight is 371 g/mol. The molecule has 4 rings (SSSR count). The zero-order chi connectivity index (χ0) is 20.1. The Bertz CT molecular complexity index is 1090. The Kier molecular flexibility index (Phi) is 4.27. The zero-order valence-electron chi connectivity index (χ0n) is 17.2. The molecule has 1 aliphatic rings. The highest BCUT2D eigenvalue weighted by atomic mass is 15.2. The standard InChI is InChI=1S/C24H26N4/c1-15-10-22-19(16(2)13-24(3,4)28(22)5)12-17(15)11-18(14-25)23-26-20-8-6-7-9-21(20)27-23/h6-12,16H,13H2,1-5H3,(H,26,27)/b18-11-. The molecule has 0 fully saturated rings. The van der Waals surface area contributed by atoms with Crippen LogP contribution in [0.25, 0.3) is 22.7 Å². The monoisotopic (exact) mass is 370 g/mol. The molecule has 1 N–H and O–H groups in total. The van der Waals surface area contributed by atoms with Crippen LogP contribution in [0, 0.1) is 18.3 Å². The first kappa shape index (κ1) is 18.3. The molecule has 1 aliphatic heterocycles. The molecule has 0 saturated carbocycles. The summed E-state index contributed by atoms with van der Waals surface area (Å²) in [5.41, 5.74) is 7.40. The molecule has 1 aromatic heterocycles. The maximum Gasteiger partial charge on any atom is 0.149 e. The number of aromatic amines is 1. The molecule has 0 bridgehead atoms. The maximum atomic E-state index is 9.77. The fourth-order valence-corrected chi connectivity index (χ4v) is 4.28. The number of para-hydroxylation sites is 2. The topological polar surface area (TPSA) is 55.7 Å². The van der Waals surface area contributed by atoms with Gasteiger partial charge in [-0.3, -0.25) is 0 Å². The predicted molar refractivity (Wildman–Crippen MR) is 116 cm³/mol. The fraction of sp³-hybridized carbons (Fsp3) is 0.333. The summed E-state index contributed by atoms with van der Waals surface area (Å²) < 4.78 is 0. The summed E-state index contributed by atoms with van der Waals surface area (Å²) in [6, 6.07) is 14.7. The zero-order valence-corrected chi connectivity index (χ0v) is 17.2. The number of hydrogen-bond donors (Lipinski definition) is 1. The summed E-state index contributed by atoms with van der Waals surface area (Å²) in [6.45, 7) is 9.00. The number of fused-ring (bicyclic) bond motifs is 2. The van der Waals surface area contributed by atoms with E-state index in [1.165, 1.54) is 16.8 Å². The lowest BCUT2D eigenvalue weighted by atomic mass is 9.79. The lowest BCUT2D eigenvalue weighted by molar-refractivity contribution is 0.395. The van der Waals surface area contributed by atoms with Crippen molar-refractivity contribution in [2.75, 3.05) is 11.9 Å². The highest BCUT2D eigenvalue weighted by Gasteiger charge is 2.34. The second-order valence-corrected chi connectivity index (χ2v) is 8.52. The Morgan fingerprint density at radius 1 is 1.32 bits per heavy atom. The Balaban J connectivity index is 1.81. The number of benzene rings is 2. The van der Waals surface area contributed by atoms with Crippen molar-refractivity contribution in [2.24, 2.45) is 0 Å². The van der Waals surface area contributed by atoms with Gasteiger partial charge in [0.1, 0.15) is 11.9 Å². The Morgan fingerprint density at radius 3 is 2.79 bits per heavy atom. The van der Waals surface area contributed by atoms with Gasteiger partial charge in [-0.1, -0.05) is 19.1 Å². The molecule has 1 unspecified atom stereocenters. The molecule has 0 saturated heterocycles. The number of rotatable bonds is 2. The van der Waals surface area contributed by atoms with E-state index in [1.807, 2.05) is 30.3 Å². The van der Waals surface area contributed by atoms with Crippen molar-refractivity contribution >= 4 is 28.4 Å². The summed E-state index contributed by atoms with van der Waals surface area (Å²) in [5.74, 6) is 1.10. The van der Waals surface area contributed by atoms with E-state index in [4.69, 9.17) is 0 Å². The lowest BCUT2D eigenvalue weighted by Crippen LogP contribution is -2.45. The van der Waals surface area contributed by atoms with Crippen LogP contribution in [0.4, 0.5) is 5.69 Å². The number of hydrogen-bond acceptors (Lipinski definition) is 3. The molecular weight excluding hydrogens is 344 g/mol. The normalized spacial score (nSPS) is 18.8. The van der Waals surface area contributed by atoms with Gasteiger partial charge in [0.25, 0.3) is 0 Å². The van der Waals surface area contributed by atoms with Crippen LogP contribution in [-0.4, -0.2) is 22.6 Å². The summed E-state index contributed by atoms with van der Waals surface area (Å²) in [6.07, 6.45) is 3.07. The van der Waals surface area contributed by atoms with Gasteiger partial charge in [0.05, 0.1) is 16.6 Å². The minimum Gasteiger partial charge on any atom is -0.369 e. The summed E-state index contributed by atoms with van der Waals surface area (Å²) in [5, 5.41) is 9.77. The first-order valence-electron chi connectivity index (χ1n) is 9.75. The Labute approximate surface area is 166 Å². The van der Waals surface area contributed by atoms with E-state index in [-0.39, 0.29) is 5.54 Å². The number of nitrogens with one attached hydrogen (secondary N) is 1. The molecule has 142 valence electrons. The van der Waals surface area contributed by atoms with Crippen LogP contribution in [0.15, 0.2) is 36.4 Å². The summed E-state index contributed by atoms with van der Waals surface area (Å²) in [4.78, 5) is 10.2. The molecule has 2 heterocycles. The van der Waals surface area contributed by atoms with Gasteiger partial charge in [-0.15, -0.1) is 0 Å². The number of H-pyrrole nitrogens is 1. The molecule has 0 spiro atoms. The predicted octanol–water partition coefficient (Wildman–Crippen LogP) is 5.66. The molecule has 0 radical (unpaired) electrons. The quantitative estimate of drug-likeness (QED) is 0.592. The van der Waals surface area contributed by atoms with Gasteiger partial charge >= 0.3 is 0 Å². The fourth-order valence-electron chi connectivity index (χ4n) is 4.28. The first-order valence-corrected chi connectivity index (χ1v) is 9.75. The minimum absolute atomic E-state index is 0.141. The minimum atomic E-state index is 0.141. The van der Waals surface area contributed by atoms with E-state index < -0.39 is 0 Å². The van der Waals surface area contributed by atoms with E-state index in [0.717, 1.165) is 23.0 Å². The third kappa shape index (κ3) is 2.97. The Hall–Kier alpha value is -3.06. The highest BCUT2D eigenvalue weighted by Crippen LogP contribution is 2.43. The molecule has 0 amide bonds. The van der Waals surface area contributed by atoms with Crippen LogP contribution < -0.4 is 4.90 Å². The van der Waals surface area contributed by atoms with Crippen molar-refractivity contribution in [2.45, 2.75) is 45.6 Å². The number of nitriles is 1. The van der Waals surface area contributed by atoms with E-state index >= 15 is 0 Å². The van der Waals surface area contributed by atoms with Gasteiger partial charge in [-0.05, 0) is 80.1 Å². The molecule has 3 aromatic rings. The van der Waals surface area contributed by atoms with E-state index in [1.54, 1.807) is 0 Å². The second-order valence-electron chi connectivity index (χ2n) is 8.52. The van der Waals surface area contributed by atoms with Gasteiger partial charge in [-0.2, -0.15) is 5.26 Å². The van der Waals surface area contributed by atoms with Crippen LogP contribution in [0.1, 0.15) is 55.6 Å². The van der Waals surface area contributed by atoms with Gasteiger partial charge in [-0.25, -0.2) is 4.98 Å². The molecule has 28 heavy (non-hydrogen) atoms. The van der Waals surface area contributed by atoms with Crippen LogP contribution in [0.3, 0.4) is 0 Å². The van der Waals surface area contributed by atoms with E-state index in [2.05, 4.69) is 67.8 Å². The SMILES string of the molecule is Cc1cc2c(cc1/C=C(/C#N)c1nc3ccccc3[nH]1)C(C)CC(C)(C)N2C. The third-order valence-corrected chi connectivity index (χ3v) is 6.09. The van der Waals surface area contributed by atoms with Crippen molar-refractivity contribution in [3.8, 4) is 6.07 Å². The molecule has 1 atom stereocenters. The number of imidazole rings is 1. The Morgan fingerprint density at radius 2 is 2.07 bits per heavy atom. The van der Waals surface area contributed by atoms with Gasteiger partial charge in [0.15, 0.2) is 0 Å². The van der Waals surface area contributed by atoms with Gasteiger partial charge < -0.3 is 9.88 Å². The van der Waals surface area contributed by atoms with Crippen molar-refractivity contribution in [1.82, 2.24) is 9.97 Å². The maximum absolute atomic E-state index is 9.77. The third-order valence-electron chi connectivity index (χ3n) is 6.09. The van der Waals surface area contributed by atoms with E-state index in [9.17, 15) is 5.26 Å². The largest absolute Gasteiger partial charge is 0.369 e. The second kappa shape index (κ2) is 6.53. The number of aryl methyl sites for hydroxylation is 1. The van der Waals surface area contributed by atoms with Crippen LogP contribution in [0.5, 0.6) is 0 Å². The van der Waals surface area contributed by atoms with Crippen LogP contribution in [0.2, 0.25) is 0 Å². The molecular formula is C24H26N4. The lowest BCUT2D eigenvalue weighted by Gasteiger charge is -2.45. The number of allylic oxidation sites excluding steroid dienone is 1. The van der Waals surface area contributed by atoms with E-state index in [0.29, 0.717) is 17.3 Å². The molecule has 0 aliphatic carbocycles. The van der Waals surface area contributed by atoms with Crippen molar-refractivity contribution in [1.29, 1.82) is 5.26 Å². The molecule has 4 nitrogen and oxygen atoms in total. The van der Waals surface area contributed by atoms with Gasteiger partial charge in [0, 0.05) is 18.3 Å². The summed E-state index contributed by atoms with van der Waals surface area (Å²) >= 11 is 0. The van der Waals surface area contributed by atoms with Crippen molar-refractivity contribution in [3.63, 3.8) is 0 Å². The molecule has 4 heteroatoms. The number of nitrogens with zero attached hydrogens (tertiary/aromatic N) is 3. The average Bonchev–Trinajstić information content (AvgIpc) is 3.08. The first-order chi connectivity index (χ1) is 13.3. The number of aromatic nitrogens is 2. The van der Waals surface area contributed by atoms with Crippen molar-refractivity contribution in [3.05, 3.63) is 58.9 Å².